The van der Waals surface area contributed by atoms with Gasteiger partial charge in [-0.05, 0) is 12.1 Å². The Hall–Kier alpha value is -3.14. The zero-order valence-corrected chi connectivity index (χ0v) is 15.4. The smallest absolute Gasteiger partial charge is 0.353 e. The molecule has 0 unspecified atom stereocenters. The first-order valence-corrected chi connectivity index (χ1v) is 9.39. The van der Waals surface area contributed by atoms with Crippen LogP contribution in [0.5, 0.6) is 0 Å². The van der Waals surface area contributed by atoms with Crippen LogP contribution in [-0.4, -0.2) is 54.5 Å². The fourth-order valence-corrected chi connectivity index (χ4v) is 4.65. The van der Waals surface area contributed by atoms with Gasteiger partial charge in [-0.25, -0.2) is 14.2 Å². The number of rotatable bonds is 4. The van der Waals surface area contributed by atoms with Gasteiger partial charge in [0.15, 0.2) is 0 Å². The summed E-state index contributed by atoms with van der Waals surface area (Å²) < 4.78 is 15.5. The van der Waals surface area contributed by atoms with Gasteiger partial charge in [-0.1, -0.05) is 12.1 Å². The summed E-state index contributed by atoms with van der Waals surface area (Å²) in [5.74, 6) is -2.42. The summed E-state index contributed by atoms with van der Waals surface area (Å²) in [6.45, 7) is 0. The molecule has 28 heavy (non-hydrogen) atoms. The molecule has 8 nitrogen and oxygen atoms in total. The number of carboxylic acid groups (broad SMARTS) is 1. The predicted molar refractivity (Wildman–Crippen MR) is 98.5 cm³/mol. The molecule has 2 amide bonds. The van der Waals surface area contributed by atoms with Crippen LogP contribution in [0, 0.1) is 5.82 Å². The quantitative estimate of drug-likeness (QED) is 0.742. The van der Waals surface area contributed by atoms with Crippen molar-refractivity contribution in [1.29, 1.82) is 0 Å². The van der Waals surface area contributed by atoms with Crippen molar-refractivity contribution < 1.29 is 23.9 Å². The second-order valence-corrected chi connectivity index (χ2v) is 7.44. The number of β-lactam (4-membered cyclic amide) rings is 1. The Balaban J connectivity index is 1.61. The SMILES string of the molecule is Cn1ccnc1C1=C(C(=O)O)N2C(=O)[C@@H](NC(=O)c3ccccc3F)[C@H]2SC1. The summed E-state index contributed by atoms with van der Waals surface area (Å²) in [4.78, 5) is 42.2. The highest BCUT2D eigenvalue weighted by Crippen LogP contribution is 2.42. The van der Waals surface area contributed by atoms with Crippen molar-refractivity contribution in [2.45, 2.75) is 11.4 Å². The number of aryl methyl sites for hydroxylation is 1. The van der Waals surface area contributed by atoms with E-state index in [2.05, 4.69) is 10.3 Å². The van der Waals surface area contributed by atoms with Crippen LogP contribution in [0.4, 0.5) is 4.39 Å². The van der Waals surface area contributed by atoms with Gasteiger partial charge in [0.05, 0.1) is 5.56 Å². The summed E-state index contributed by atoms with van der Waals surface area (Å²) in [6.07, 6.45) is 3.24. The van der Waals surface area contributed by atoms with Crippen LogP contribution in [0.1, 0.15) is 16.2 Å². The number of carboxylic acids is 1. The molecule has 2 aromatic rings. The Morgan fingerprint density at radius 1 is 1.36 bits per heavy atom. The molecule has 0 saturated carbocycles. The van der Waals surface area contributed by atoms with Gasteiger partial charge in [-0.2, -0.15) is 0 Å². The number of hydrogen-bond acceptors (Lipinski definition) is 5. The number of aliphatic carboxylic acids is 1. The maximum atomic E-state index is 13.8. The van der Waals surface area contributed by atoms with Gasteiger partial charge in [0, 0.05) is 30.8 Å². The van der Waals surface area contributed by atoms with Crippen LogP contribution in [-0.2, 0) is 16.6 Å². The van der Waals surface area contributed by atoms with Gasteiger partial charge >= 0.3 is 5.97 Å². The lowest BCUT2D eigenvalue weighted by molar-refractivity contribution is -0.148. The van der Waals surface area contributed by atoms with Crippen molar-refractivity contribution in [3.05, 3.63) is 59.6 Å². The van der Waals surface area contributed by atoms with E-state index in [-0.39, 0.29) is 11.3 Å². The molecule has 2 atom stereocenters. The average molecular weight is 402 g/mol. The van der Waals surface area contributed by atoms with Crippen LogP contribution < -0.4 is 5.32 Å². The van der Waals surface area contributed by atoms with E-state index >= 15 is 0 Å². The van der Waals surface area contributed by atoms with Gasteiger partial charge < -0.3 is 15.0 Å². The van der Waals surface area contributed by atoms with E-state index in [1.807, 2.05) is 0 Å². The third-order valence-electron chi connectivity index (χ3n) is 4.67. The number of amides is 2. The lowest BCUT2D eigenvalue weighted by atomic mass is 10.0. The Bertz CT molecular complexity index is 1030. The molecule has 10 heteroatoms. The second kappa shape index (κ2) is 6.79. The zero-order valence-electron chi connectivity index (χ0n) is 14.6. The van der Waals surface area contributed by atoms with Crippen LogP contribution in [0.15, 0.2) is 42.4 Å². The minimum atomic E-state index is -1.24. The zero-order chi connectivity index (χ0) is 20.0. The molecule has 144 valence electrons. The number of imidazole rings is 1. The highest BCUT2D eigenvalue weighted by molar-refractivity contribution is 8.00. The summed E-state index contributed by atoms with van der Waals surface area (Å²) in [5.41, 5.74) is 0.130. The minimum Gasteiger partial charge on any atom is -0.477 e. The fourth-order valence-electron chi connectivity index (χ4n) is 3.31. The highest BCUT2D eigenvalue weighted by atomic mass is 32.2. The molecule has 0 radical (unpaired) electrons. The van der Waals surface area contributed by atoms with Gasteiger partial charge in [0.2, 0.25) is 0 Å². The van der Waals surface area contributed by atoms with Crippen LogP contribution in [0.3, 0.4) is 0 Å². The molecule has 4 rings (SSSR count). The second-order valence-electron chi connectivity index (χ2n) is 6.33. The van der Waals surface area contributed by atoms with Crippen LogP contribution >= 0.6 is 11.8 Å². The third kappa shape index (κ3) is 2.76. The monoisotopic (exact) mass is 402 g/mol. The fraction of sp³-hybridized carbons (Fsp3) is 0.222. The minimum absolute atomic E-state index is 0.139. The normalized spacial score (nSPS) is 21.2. The van der Waals surface area contributed by atoms with E-state index in [1.54, 1.807) is 24.0 Å². The molecule has 1 saturated heterocycles. The molecule has 1 aromatic heterocycles. The molecule has 2 aliphatic rings. The average Bonchev–Trinajstić information content (AvgIpc) is 3.10. The predicted octanol–water partition coefficient (Wildman–Crippen LogP) is 1.07. The van der Waals surface area contributed by atoms with Crippen molar-refractivity contribution in [2.75, 3.05) is 5.75 Å². The number of thioether (sulfide) groups is 1. The molecule has 1 aromatic carbocycles. The van der Waals surface area contributed by atoms with Crippen LogP contribution in [0.25, 0.3) is 5.57 Å². The Morgan fingerprint density at radius 2 is 2.11 bits per heavy atom. The number of benzene rings is 1. The summed E-state index contributed by atoms with van der Waals surface area (Å²) >= 11 is 1.32. The van der Waals surface area contributed by atoms with Crippen molar-refractivity contribution >= 4 is 35.1 Å². The Labute approximate surface area is 163 Å². The molecule has 0 bridgehead atoms. The van der Waals surface area contributed by atoms with Crippen molar-refractivity contribution in [3.8, 4) is 0 Å². The van der Waals surface area contributed by atoms with E-state index < -0.39 is 35.0 Å². The topological polar surface area (TPSA) is 105 Å². The van der Waals surface area contributed by atoms with Crippen molar-refractivity contribution in [1.82, 2.24) is 19.8 Å². The Kier molecular flexibility index (Phi) is 4.42. The number of fused-ring (bicyclic) bond motifs is 1. The summed E-state index contributed by atoms with van der Waals surface area (Å²) in [5, 5.41) is 11.6. The first-order chi connectivity index (χ1) is 13.4. The number of hydrogen-bond donors (Lipinski definition) is 2. The molecule has 3 heterocycles. The first-order valence-electron chi connectivity index (χ1n) is 8.34. The van der Waals surface area contributed by atoms with Gasteiger partial charge in [-0.3, -0.25) is 14.5 Å². The molecule has 1 fully saturated rings. The van der Waals surface area contributed by atoms with E-state index in [0.29, 0.717) is 17.2 Å². The van der Waals surface area contributed by atoms with Gasteiger partial charge in [0.1, 0.15) is 28.8 Å². The van der Waals surface area contributed by atoms with Gasteiger partial charge in [-0.15, -0.1) is 11.8 Å². The van der Waals surface area contributed by atoms with E-state index in [1.165, 1.54) is 30.0 Å². The number of nitrogens with one attached hydrogen (secondary N) is 1. The first kappa shape index (κ1) is 18.2. The van der Waals surface area contributed by atoms with Crippen LogP contribution in [0.2, 0.25) is 0 Å². The lowest BCUT2D eigenvalue weighted by Gasteiger charge is -2.49. The maximum absolute atomic E-state index is 13.8. The van der Waals surface area contributed by atoms with E-state index in [9.17, 15) is 23.9 Å². The third-order valence-corrected chi connectivity index (χ3v) is 5.95. The molecule has 2 aliphatic heterocycles. The molecular formula is C18H15FN4O4S. The largest absolute Gasteiger partial charge is 0.477 e. The van der Waals surface area contributed by atoms with Crippen molar-refractivity contribution in [2.24, 2.45) is 7.05 Å². The summed E-state index contributed by atoms with van der Waals surface area (Å²) in [7, 11) is 1.74. The standard InChI is InChI=1S/C18H15FN4O4S/c1-22-7-6-20-14(22)10-8-28-17-12(16(25)23(17)13(10)18(26)27)21-15(24)9-4-2-3-5-11(9)19/h2-7,12,17H,8H2,1H3,(H,21,24)(H,26,27)/t12-,17-/m1/s1. The number of carbonyl (C=O) groups is 3. The van der Waals surface area contributed by atoms with E-state index in [4.69, 9.17) is 0 Å². The number of nitrogens with zero attached hydrogens (tertiary/aromatic N) is 3. The highest BCUT2D eigenvalue weighted by Gasteiger charge is 2.54. The van der Waals surface area contributed by atoms with E-state index in [0.717, 1.165) is 11.0 Å². The number of aromatic nitrogens is 2. The molecule has 0 aliphatic carbocycles. The van der Waals surface area contributed by atoms with Crippen molar-refractivity contribution in [3.63, 3.8) is 0 Å². The molecule has 2 N–H and O–H groups in total. The number of halogens is 1. The van der Waals surface area contributed by atoms with Gasteiger partial charge in [0.25, 0.3) is 11.8 Å². The maximum Gasteiger partial charge on any atom is 0.353 e. The summed E-state index contributed by atoms with van der Waals surface area (Å²) in [6, 6.07) is 4.54. The molecule has 0 spiro atoms. The number of carbonyl (C=O) groups excluding carboxylic acids is 2. The Morgan fingerprint density at radius 3 is 2.75 bits per heavy atom. The molecular weight excluding hydrogens is 387 g/mol. The lowest BCUT2D eigenvalue weighted by Crippen LogP contribution is -2.70.